The molecule has 0 radical (unpaired) electrons. The quantitative estimate of drug-likeness (QED) is 0.935. The fourth-order valence-corrected chi connectivity index (χ4v) is 2.97. The lowest BCUT2D eigenvalue weighted by Gasteiger charge is -2.35. The van der Waals surface area contributed by atoms with Crippen LogP contribution in [0.15, 0.2) is 30.5 Å². The highest BCUT2D eigenvalue weighted by Gasteiger charge is 2.27. The standard InChI is InChI=1S/C16H20N4O/c17-9-8-12-5-3-4-10-20(12)16(21)15-11-18-13-6-1-2-7-14(13)19-15/h1-2,6-7,11-12H,3-5,8-10,17H2. The number of carbonyl (C=O) groups excluding carboxylic acids is 1. The van der Waals surface area contributed by atoms with Gasteiger partial charge in [-0.3, -0.25) is 9.78 Å². The molecule has 0 bridgehead atoms. The molecule has 1 unspecified atom stereocenters. The van der Waals surface area contributed by atoms with Crippen LogP contribution in [0.4, 0.5) is 0 Å². The molecular weight excluding hydrogens is 264 g/mol. The minimum Gasteiger partial charge on any atom is -0.334 e. The molecule has 2 aromatic rings. The predicted molar refractivity (Wildman–Crippen MR) is 81.9 cm³/mol. The Morgan fingerprint density at radius 3 is 2.90 bits per heavy atom. The molecule has 110 valence electrons. The Labute approximate surface area is 124 Å². The van der Waals surface area contributed by atoms with E-state index in [1.54, 1.807) is 6.20 Å². The van der Waals surface area contributed by atoms with Crippen molar-refractivity contribution in [1.29, 1.82) is 0 Å². The third-order valence-corrected chi connectivity index (χ3v) is 4.06. The van der Waals surface area contributed by atoms with Crippen molar-refractivity contribution < 1.29 is 4.79 Å². The van der Waals surface area contributed by atoms with Crippen molar-refractivity contribution in [3.05, 3.63) is 36.2 Å². The second-order valence-electron chi connectivity index (χ2n) is 5.47. The number of nitrogens with zero attached hydrogens (tertiary/aromatic N) is 3. The van der Waals surface area contributed by atoms with Crippen LogP contribution in [0.3, 0.4) is 0 Å². The molecule has 3 rings (SSSR count). The highest BCUT2D eigenvalue weighted by Crippen LogP contribution is 2.21. The number of benzene rings is 1. The summed E-state index contributed by atoms with van der Waals surface area (Å²) >= 11 is 0. The Bertz CT molecular complexity index is 641. The first-order valence-corrected chi connectivity index (χ1v) is 7.52. The molecule has 2 heterocycles. The Balaban J connectivity index is 1.87. The first-order valence-electron chi connectivity index (χ1n) is 7.52. The van der Waals surface area contributed by atoms with Gasteiger partial charge in [-0.15, -0.1) is 0 Å². The molecule has 21 heavy (non-hydrogen) atoms. The average molecular weight is 284 g/mol. The van der Waals surface area contributed by atoms with Crippen LogP contribution in [-0.4, -0.2) is 39.9 Å². The van der Waals surface area contributed by atoms with Crippen LogP contribution >= 0.6 is 0 Å². The summed E-state index contributed by atoms with van der Waals surface area (Å²) in [5.74, 6) is -0.0218. The van der Waals surface area contributed by atoms with Crippen LogP contribution < -0.4 is 5.73 Å². The number of hydrogen-bond donors (Lipinski definition) is 1. The predicted octanol–water partition coefficient (Wildman–Crippen LogP) is 1.97. The molecule has 5 heteroatoms. The van der Waals surface area contributed by atoms with Gasteiger partial charge in [0.25, 0.3) is 5.91 Å². The number of aromatic nitrogens is 2. The summed E-state index contributed by atoms with van der Waals surface area (Å²) in [7, 11) is 0. The van der Waals surface area contributed by atoms with Crippen molar-refractivity contribution in [1.82, 2.24) is 14.9 Å². The minimum atomic E-state index is -0.0218. The fraction of sp³-hybridized carbons (Fsp3) is 0.438. The molecule has 5 nitrogen and oxygen atoms in total. The van der Waals surface area contributed by atoms with Gasteiger partial charge in [0.05, 0.1) is 17.2 Å². The smallest absolute Gasteiger partial charge is 0.274 e. The average Bonchev–Trinajstić information content (AvgIpc) is 2.54. The van der Waals surface area contributed by atoms with E-state index in [-0.39, 0.29) is 11.9 Å². The zero-order valence-corrected chi connectivity index (χ0v) is 12.0. The molecule has 0 saturated carbocycles. The van der Waals surface area contributed by atoms with Crippen LogP contribution in [0.1, 0.15) is 36.2 Å². The summed E-state index contributed by atoms with van der Waals surface area (Å²) < 4.78 is 0. The molecule has 0 aliphatic carbocycles. The van der Waals surface area contributed by atoms with E-state index in [1.807, 2.05) is 29.2 Å². The maximum absolute atomic E-state index is 12.7. The Hall–Kier alpha value is -2.01. The molecule has 1 saturated heterocycles. The Morgan fingerprint density at radius 1 is 1.29 bits per heavy atom. The molecule has 2 N–H and O–H groups in total. The zero-order chi connectivity index (χ0) is 14.7. The molecule has 1 fully saturated rings. The van der Waals surface area contributed by atoms with Crippen molar-refractivity contribution >= 4 is 16.9 Å². The summed E-state index contributed by atoms with van der Waals surface area (Å²) in [6.07, 6.45) is 5.68. The largest absolute Gasteiger partial charge is 0.334 e. The second-order valence-corrected chi connectivity index (χ2v) is 5.47. The summed E-state index contributed by atoms with van der Waals surface area (Å²) in [6.45, 7) is 1.40. The van der Waals surface area contributed by atoms with Gasteiger partial charge < -0.3 is 10.6 Å². The molecule has 1 aromatic heterocycles. The van der Waals surface area contributed by atoms with Crippen molar-refractivity contribution in [2.45, 2.75) is 31.7 Å². The lowest BCUT2D eigenvalue weighted by molar-refractivity contribution is 0.0599. The van der Waals surface area contributed by atoms with Gasteiger partial charge in [0, 0.05) is 12.6 Å². The number of nitrogens with two attached hydrogens (primary N) is 1. The normalized spacial score (nSPS) is 18.9. The maximum Gasteiger partial charge on any atom is 0.274 e. The zero-order valence-electron chi connectivity index (χ0n) is 12.0. The topological polar surface area (TPSA) is 72.1 Å². The van der Waals surface area contributed by atoms with Gasteiger partial charge in [-0.1, -0.05) is 12.1 Å². The first-order chi connectivity index (χ1) is 10.3. The summed E-state index contributed by atoms with van der Waals surface area (Å²) in [4.78, 5) is 23.4. The van der Waals surface area contributed by atoms with E-state index in [9.17, 15) is 4.79 Å². The first kappa shape index (κ1) is 13.9. The number of rotatable bonds is 3. The van der Waals surface area contributed by atoms with Gasteiger partial charge in [0.15, 0.2) is 0 Å². The lowest BCUT2D eigenvalue weighted by atomic mass is 9.99. The van der Waals surface area contributed by atoms with Crippen molar-refractivity contribution in [2.24, 2.45) is 5.73 Å². The molecule has 1 aliphatic rings. The van der Waals surface area contributed by atoms with Gasteiger partial charge in [-0.2, -0.15) is 0 Å². The number of amides is 1. The second kappa shape index (κ2) is 6.18. The van der Waals surface area contributed by atoms with Crippen LogP contribution in [0, 0.1) is 0 Å². The van der Waals surface area contributed by atoms with Gasteiger partial charge in [0.1, 0.15) is 5.69 Å². The monoisotopic (exact) mass is 284 g/mol. The molecule has 1 atom stereocenters. The number of carbonyl (C=O) groups is 1. The highest BCUT2D eigenvalue weighted by atomic mass is 16.2. The lowest BCUT2D eigenvalue weighted by Crippen LogP contribution is -2.44. The number of para-hydroxylation sites is 2. The van der Waals surface area contributed by atoms with Gasteiger partial charge in [-0.05, 0) is 44.4 Å². The SMILES string of the molecule is NCCC1CCCCN1C(=O)c1cnc2ccccc2n1. The van der Waals surface area contributed by atoms with Crippen LogP contribution in [0.5, 0.6) is 0 Å². The van der Waals surface area contributed by atoms with Crippen LogP contribution in [-0.2, 0) is 0 Å². The van der Waals surface area contributed by atoms with Gasteiger partial charge in [0.2, 0.25) is 0 Å². The van der Waals surface area contributed by atoms with Crippen LogP contribution in [0.25, 0.3) is 11.0 Å². The summed E-state index contributed by atoms with van der Waals surface area (Å²) in [5, 5.41) is 0. The van der Waals surface area contributed by atoms with Gasteiger partial charge in [-0.25, -0.2) is 4.98 Å². The van der Waals surface area contributed by atoms with E-state index in [0.29, 0.717) is 12.2 Å². The number of piperidine rings is 1. The Morgan fingerprint density at radius 2 is 2.10 bits per heavy atom. The van der Waals surface area contributed by atoms with Crippen LogP contribution in [0.2, 0.25) is 0 Å². The molecule has 0 spiro atoms. The van der Waals surface area contributed by atoms with Crippen molar-refractivity contribution in [3.63, 3.8) is 0 Å². The van der Waals surface area contributed by atoms with E-state index in [2.05, 4.69) is 9.97 Å². The number of fused-ring (bicyclic) bond motifs is 1. The van der Waals surface area contributed by atoms with E-state index < -0.39 is 0 Å². The molecule has 1 amide bonds. The fourth-order valence-electron chi connectivity index (χ4n) is 2.97. The van der Waals surface area contributed by atoms with E-state index >= 15 is 0 Å². The number of likely N-dealkylation sites (tertiary alicyclic amines) is 1. The van der Waals surface area contributed by atoms with E-state index in [0.717, 1.165) is 43.3 Å². The third kappa shape index (κ3) is 2.88. The van der Waals surface area contributed by atoms with E-state index in [1.165, 1.54) is 0 Å². The number of hydrogen-bond acceptors (Lipinski definition) is 4. The van der Waals surface area contributed by atoms with E-state index in [4.69, 9.17) is 5.73 Å². The summed E-state index contributed by atoms with van der Waals surface area (Å²) in [5.41, 5.74) is 7.67. The minimum absolute atomic E-state index is 0.0218. The van der Waals surface area contributed by atoms with Crippen molar-refractivity contribution in [3.8, 4) is 0 Å². The summed E-state index contributed by atoms with van der Waals surface area (Å²) in [6, 6.07) is 7.84. The van der Waals surface area contributed by atoms with Crippen molar-refractivity contribution in [2.75, 3.05) is 13.1 Å². The maximum atomic E-state index is 12.7. The highest BCUT2D eigenvalue weighted by molar-refractivity contribution is 5.94. The molecular formula is C16H20N4O. The third-order valence-electron chi connectivity index (χ3n) is 4.06. The van der Waals surface area contributed by atoms with Gasteiger partial charge >= 0.3 is 0 Å². The Kier molecular flexibility index (Phi) is 4.10. The molecule has 1 aliphatic heterocycles. The molecule has 1 aromatic carbocycles.